The maximum atomic E-state index is 11.3. The number of hydrogen-bond acceptors (Lipinski definition) is 9. The topological polar surface area (TPSA) is 116 Å². The molecule has 2 saturated heterocycles. The zero-order valence-electron chi connectivity index (χ0n) is 26.5. The maximum Gasteiger partial charge on any atom is 0.185 e. The molecule has 2 aromatic heterocycles. The lowest BCUT2D eigenvalue weighted by atomic mass is 9.80. The van der Waals surface area contributed by atoms with Gasteiger partial charge in [0, 0.05) is 19.5 Å². The van der Waals surface area contributed by atoms with Crippen molar-refractivity contribution >= 4 is 22.8 Å². The number of benzene rings is 3. The van der Waals surface area contributed by atoms with E-state index in [4.69, 9.17) is 23.9 Å². The Labute approximate surface area is 273 Å². The number of aliphatic imine (C=N–C) groups is 1. The van der Waals surface area contributed by atoms with Gasteiger partial charge in [0.05, 0.1) is 39.4 Å². The summed E-state index contributed by atoms with van der Waals surface area (Å²) in [5.74, 6) is 2.10. The van der Waals surface area contributed by atoms with Crippen LogP contribution in [0.15, 0.2) is 103 Å². The summed E-state index contributed by atoms with van der Waals surface area (Å²) in [7, 11) is 1.65. The number of imidazole rings is 1. The van der Waals surface area contributed by atoms with Crippen LogP contribution < -0.4 is 4.74 Å². The van der Waals surface area contributed by atoms with Gasteiger partial charge in [-0.05, 0) is 35.7 Å². The van der Waals surface area contributed by atoms with Gasteiger partial charge in [-0.2, -0.15) is 0 Å². The summed E-state index contributed by atoms with van der Waals surface area (Å²) in [5, 5.41) is 11.3. The zero-order valence-corrected chi connectivity index (χ0v) is 26.5. The number of aliphatic hydroxyl groups is 1. The molecule has 2 aliphatic rings. The fourth-order valence-corrected chi connectivity index (χ4v) is 6.41. The molecule has 0 bridgehead atoms. The molecule has 3 atom stereocenters. The molecule has 3 aromatic carbocycles. The Kier molecular flexibility index (Phi) is 8.94. The van der Waals surface area contributed by atoms with Crippen molar-refractivity contribution in [1.82, 2.24) is 24.4 Å². The van der Waals surface area contributed by atoms with Crippen LogP contribution in [-0.2, 0) is 19.8 Å². The average molecular weight is 635 g/mol. The summed E-state index contributed by atoms with van der Waals surface area (Å²) in [4.78, 5) is 20.5. The van der Waals surface area contributed by atoms with E-state index in [-0.39, 0.29) is 6.61 Å². The summed E-state index contributed by atoms with van der Waals surface area (Å²) >= 11 is 0. The van der Waals surface area contributed by atoms with Crippen LogP contribution in [0.5, 0.6) is 5.75 Å². The minimum absolute atomic E-state index is 0.128. The average Bonchev–Trinajstić information content (AvgIpc) is 3.74. The van der Waals surface area contributed by atoms with E-state index in [0.717, 1.165) is 41.4 Å². The Morgan fingerprint density at radius 3 is 2.23 bits per heavy atom. The van der Waals surface area contributed by atoms with Crippen molar-refractivity contribution in [3.05, 3.63) is 114 Å². The number of ether oxygens (including phenoxy) is 4. The monoisotopic (exact) mass is 634 g/mol. The number of aliphatic hydroxyl groups excluding tert-OH is 1. The Balaban J connectivity index is 1.17. The Hall–Kier alpha value is -4.68. The second-order valence-corrected chi connectivity index (χ2v) is 11.7. The number of rotatable bonds is 9. The summed E-state index contributed by atoms with van der Waals surface area (Å²) < 4.78 is 26.2. The molecule has 242 valence electrons. The van der Waals surface area contributed by atoms with E-state index in [2.05, 4.69) is 44.1 Å². The number of nitrogens with zero attached hydrogens (tertiary/aromatic N) is 6. The van der Waals surface area contributed by atoms with Gasteiger partial charge in [-0.1, -0.05) is 72.8 Å². The number of aromatic nitrogens is 4. The van der Waals surface area contributed by atoms with E-state index in [1.165, 1.54) is 6.33 Å². The second kappa shape index (κ2) is 13.6. The van der Waals surface area contributed by atoms with Crippen LogP contribution in [0, 0.1) is 0 Å². The van der Waals surface area contributed by atoms with Crippen LogP contribution in [0.1, 0.15) is 36.3 Å². The molecular weight excluding hydrogens is 596 g/mol. The molecule has 1 unspecified atom stereocenters. The fraction of sp³-hybridized carbons (Fsp3) is 0.333. The molecular formula is C36H38N6O5. The van der Waals surface area contributed by atoms with E-state index in [9.17, 15) is 5.11 Å². The smallest absolute Gasteiger partial charge is 0.185 e. The van der Waals surface area contributed by atoms with Crippen LogP contribution in [0.25, 0.3) is 11.2 Å². The van der Waals surface area contributed by atoms with Crippen LogP contribution in [0.4, 0.5) is 5.82 Å². The quantitative estimate of drug-likeness (QED) is 0.138. The lowest BCUT2D eigenvalue weighted by molar-refractivity contribution is -0.0930. The molecule has 0 aliphatic carbocycles. The van der Waals surface area contributed by atoms with E-state index >= 15 is 0 Å². The van der Waals surface area contributed by atoms with Gasteiger partial charge in [-0.15, -0.1) is 0 Å². The first-order valence-electron chi connectivity index (χ1n) is 15.9. The molecule has 11 nitrogen and oxygen atoms in total. The molecule has 1 N–H and O–H groups in total. The first kappa shape index (κ1) is 30.9. The van der Waals surface area contributed by atoms with Crippen LogP contribution >= 0.6 is 0 Å². The largest absolute Gasteiger partial charge is 0.497 e. The molecule has 47 heavy (non-hydrogen) atoms. The Morgan fingerprint density at radius 2 is 1.57 bits per heavy atom. The maximum absolute atomic E-state index is 11.3. The van der Waals surface area contributed by atoms with Crippen LogP contribution in [-0.4, -0.2) is 87.6 Å². The zero-order chi connectivity index (χ0) is 32.2. The van der Waals surface area contributed by atoms with Crippen LogP contribution in [0.2, 0.25) is 0 Å². The van der Waals surface area contributed by atoms with Gasteiger partial charge in [0.25, 0.3) is 0 Å². The summed E-state index contributed by atoms with van der Waals surface area (Å²) in [6.45, 7) is 5.00. The molecule has 0 amide bonds. The minimum Gasteiger partial charge on any atom is -0.497 e. The van der Waals surface area contributed by atoms with Gasteiger partial charge >= 0.3 is 0 Å². The highest BCUT2D eigenvalue weighted by atomic mass is 16.6. The van der Waals surface area contributed by atoms with Gasteiger partial charge in [-0.3, -0.25) is 4.57 Å². The van der Waals surface area contributed by atoms with Crippen molar-refractivity contribution in [1.29, 1.82) is 0 Å². The van der Waals surface area contributed by atoms with Gasteiger partial charge < -0.3 is 29.0 Å². The van der Waals surface area contributed by atoms with Gasteiger partial charge in [-0.25, -0.2) is 19.9 Å². The summed E-state index contributed by atoms with van der Waals surface area (Å²) in [6, 6.07) is 28.1. The SMILES string of the molecule is COc1ccc(C(OC[C@H]2O[C@@H](n3cnc4c(/N=C(/C)N5CCOCC5)ncnc43)CC2O)(c2ccccc2)c2ccccc2)cc1. The number of morpholine rings is 1. The van der Waals surface area contributed by atoms with Gasteiger partial charge in [0.15, 0.2) is 17.0 Å². The summed E-state index contributed by atoms with van der Waals surface area (Å²) in [6.07, 6.45) is 1.63. The standard InChI is InChI=1S/C36H38N6O5/c1-25(41-17-19-45-20-18-41)40-34-33-35(38-23-37-34)42(24-39-33)32-21-30(43)31(47-32)22-46-36(26-9-5-3-6-10-26,27-11-7-4-8-12-27)28-13-15-29(44-2)16-14-28/h3-16,23-24,30-32,43H,17-22H2,1-2H3/b40-25-/t30?,31-,32-/m1/s1. The Bertz CT molecular complexity index is 1770. The van der Waals surface area contributed by atoms with E-state index in [1.807, 2.05) is 72.2 Å². The predicted octanol–water partition coefficient (Wildman–Crippen LogP) is 4.87. The molecule has 2 fully saturated rings. The van der Waals surface area contributed by atoms with Crippen molar-refractivity contribution in [2.75, 3.05) is 40.0 Å². The van der Waals surface area contributed by atoms with E-state index < -0.39 is 24.0 Å². The third-order valence-electron chi connectivity index (χ3n) is 8.91. The number of fused-ring (bicyclic) bond motifs is 1. The second-order valence-electron chi connectivity index (χ2n) is 11.7. The first-order valence-corrected chi connectivity index (χ1v) is 15.9. The molecule has 4 heterocycles. The molecule has 5 aromatic rings. The minimum atomic E-state index is -0.976. The number of methoxy groups -OCH3 is 1. The van der Waals surface area contributed by atoms with Crippen molar-refractivity contribution in [2.24, 2.45) is 4.99 Å². The summed E-state index contributed by atoms with van der Waals surface area (Å²) in [5.41, 5.74) is 3.03. The lowest BCUT2D eigenvalue weighted by Gasteiger charge is -2.37. The highest BCUT2D eigenvalue weighted by molar-refractivity contribution is 5.88. The molecule has 2 aliphatic heterocycles. The number of amidine groups is 1. The normalized spacial score (nSPS) is 20.5. The Morgan fingerprint density at radius 1 is 0.915 bits per heavy atom. The van der Waals surface area contributed by atoms with Crippen molar-refractivity contribution in [3.63, 3.8) is 0 Å². The van der Waals surface area contributed by atoms with Gasteiger partial charge in [0.1, 0.15) is 35.8 Å². The predicted molar refractivity (Wildman–Crippen MR) is 177 cm³/mol. The molecule has 11 heteroatoms. The third-order valence-corrected chi connectivity index (χ3v) is 8.91. The molecule has 7 rings (SSSR count). The van der Waals surface area contributed by atoms with Crippen molar-refractivity contribution in [2.45, 2.75) is 37.4 Å². The molecule has 0 spiro atoms. The number of hydrogen-bond donors (Lipinski definition) is 1. The fourth-order valence-electron chi connectivity index (χ4n) is 6.41. The molecule has 0 radical (unpaired) electrons. The molecule has 0 saturated carbocycles. The highest BCUT2D eigenvalue weighted by Crippen LogP contribution is 2.42. The van der Waals surface area contributed by atoms with E-state index in [0.29, 0.717) is 36.6 Å². The van der Waals surface area contributed by atoms with Crippen molar-refractivity contribution in [3.8, 4) is 5.75 Å². The van der Waals surface area contributed by atoms with Gasteiger partial charge in [0.2, 0.25) is 0 Å². The lowest BCUT2D eigenvalue weighted by Crippen LogP contribution is -2.39. The third kappa shape index (κ3) is 6.10. The van der Waals surface area contributed by atoms with Crippen molar-refractivity contribution < 1.29 is 24.1 Å². The highest BCUT2D eigenvalue weighted by Gasteiger charge is 2.42. The van der Waals surface area contributed by atoms with Crippen LogP contribution in [0.3, 0.4) is 0 Å². The first-order chi connectivity index (χ1) is 23.1. The van der Waals surface area contributed by atoms with E-state index in [1.54, 1.807) is 13.4 Å².